The van der Waals surface area contributed by atoms with Crippen molar-refractivity contribution in [3.05, 3.63) is 24.4 Å². The number of ether oxygens (including phenoxy) is 1. The summed E-state index contributed by atoms with van der Waals surface area (Å²) in [7, 11) is -2.05. The van der Waals surface area contributed by atoms with Crippen molar-refractivity contribution in [2.24, 2.45) is 0 Å². The number of sulfonamides is 1. The third-order valence-electron chi connectivity index (χ3n) is 5.17. The molecule has 1 aliphatic rings. The van der Waals surface area contributed by atoms with Crippen LogP contribution in [0.5, 0.6) is 0 Å². The highest BCUT2D eigenvalue weighted by Crippen LogP contribution is 2.40. The monoisotopic (exact) mass is 482 g/mol. The molecular weight excluding hydrogens is 456 g/mol. The second kappa shape index (κ2) is 8.57. The highest BCUT2D eigenvalue weighted by atomic mass is 32.2. The van der Waals surface area contributed by atoms with E-state index in [1.165, 1.54) is 24.3 Å². The van der Waals surface area contributed by atoms with E-state index in [9.17, 15) is 18.6 Å². The summed E-state index contributed by atoms with van der Waals surface area (Å²) in [5, 5.41) is 32.2. The molecule has 0 radical (unpaired) electrons. The molecule has 180 valence electrons. The topological polar surface area (TPSA) is 190 Å². The van der Waals surface area contributed by atoms with Crippen molar-refractivity contribution in [3.63, 3.8) is 0 Å². The Morgan fingerprint density at radius 2 is 1.91 bits per heavy atom. The van der Waals surface area contributed by atoms with Crippen LogP contribution in [-0.2, 0) is 20.2 Å². The molecule has 0 amide bonds. The average Bonchev–Trinajstić information content (AvgIpc) is 3.47. The fourth-order valence-corrected chi connectivity index (χ4v) is 3.89. The normalized spacial score (nSPS) is 23.9. The van der Waals surface area contributed by atoms with Crippen LogP contribution in [-0.4, -0.2) is 79.9 Å². The minimum absolute atomic E-state index is 0.0566. The van der Waals surface area contributed by atoms with Crippen molar-refractivity contribution < 1.29 is 27.8 Å². The van der Waals surface area contributed by atoms with Crippen molar-refractivity contribution >= 4 is 27.0 Å². The molecule has 1 aliphatic heterocycles. The summed E-state index contributed by atoms with van der Waals surface area (Å²) in [6.45, 7) is 5.82. The van der Waals surface area contributed by atoms with E-state index in [0.717, 1.165) is 0 Å². The van der Waals surface area contributed by atoms with E-state index in [4.69, 9.17) is 9.15 Å². The Bertz CT molecular complexity index is 1240. The van der Waals surface area contributed by atoms with Gasteiger partial charge in [-0.2, -0.15) is 0 Å². The third kappa shape index (κ3) is 4.54. The van der Waals surface area contributed by atoms with Gasteiger partial charge in [-0.05, 0) is 7.05 Å². The molecule has 3 aromatic heterocycles. The number of hydrogen-bond donors (Lipinski definition) is 4. The number of rotatable bonds is 7. The summed E-state index contributed by atoms with van der Waals surface area (Å²) >= 11 is 0. The Labute approximate surface area is 189 Å². The second-order valence-electron chi connectivity index (χ2n) is 8.62. The predicted octanol–water partition coefficient (Wildman–Crippen LogP) is -0.540. The smallest absolute Gasteiger partial charge is 0.248 e. The van der Waals surface area contributed by atoms with Gasteiger partial charge in [0.25, 0.3) is 0 Å². The first-order valence-corrected chi connectivity index (χ1v) is 11.8. The lowest BCUT2D eigenvalue weighted by Gasteiger charge is -2.16. The molecule has 0 spiro atoms. The maximum absolute atomic E-state index is 11.6. The molecule has 0 bridgehead atoms. The van der Waals surface area contributed by atoms with Crippen molar-refractivity contribution in [3.8, 4) is 0 Å². The minimum Gasteiger partial charge on any atom is -0.422 e. The van der Waals surface area contributed by atoms with Crippen molar-refractivity contribution in [2.75, 3.05) is 24.7 Å². The molecule has 33 heavy (non-hydrogen) atoms. The van der Waals surface area contributed by atoms with Crippen LogP contribution in [0.3, 0.4) is 0 Å². The molecule has 0 unspecified atom stereocenters. The van der Waals surface area contributed by atoms with Gasteiger partial charge in [0, 0.05) is 12.0 Å². The van der Waals surface area contributed by atoms with E-state index >= 15 is 0 Å². The van der Waals surface area contributed by atoms with Gasteiger partial charge >= 0.3 is 0 Å². The average molecular weight is 483 g/mol. The summed E-state index contributed by atoms with van der Waals surface area (Å²) in [6.07, 6.45) is -2.06. The summed E-state index contributed by atoms with van der Waals surface area (Å²) < 4.78 is 38.5. The zero-order valence-corrected chi connectivity index (χ0v) is 19.3. The molecule has 4 N–H and O–H groups in total. The number of anilines is 1. The number of nitrogens with one attached hydrogen (secondary N) is 2. The number of nitrogens with zero attached hydrogens (tertiary/aromatic N) is 6. The molecule has 0 aromatic carbocycles. The Morgan fingerprint density at radius 3 is 2.58 bits per heavy atom. The van der Waals surface area contributed by atoms with Crippen LogP contribution in [0.1, 0.15) is 44.9 Å². The van der Waals surface area contributed by atoms with Gasteiger partial charge in [-0.1, -0.05) is 20.8 Å². The highest BCUT2D eigenvalue weighted by Gasteiger charge is 2.48. The molecule has 4 rings (SSSR count). The molecule has 0 saturated carbocycles. The quantitative estimate of drug-likeness (QED) is 0.337. The van der Waals surface area contributed by atoms with Gasteiger partial charge in [-0.3, -0.25) is 4.57 Å². The van der Waals surface area contributed by atoms with Gasteiger partial charge in [-0.15, -0.1) is 10.2 Å². The SMILES string of the molecule is CNS(=O)(=O)CCNc1ncnc2c1ncn2[C@@H]1O[C@H](c2nnc(C(C)(C)C)o2)[C@@H](O)[C@@H]1O. The zero-order chi connectivity index (χ0) is 24.0. The Balaban J connectivity index is 1.57. The number of aliphatic hydroxyl groups excluding tert-OH is 2. The van der Waals surface area contributed by atoms with Gasteiger partial charge in [0.2, 0.25) is 21.8 Å². The summed E-state index contributed by atoms with van der Waals surface area (Å²) in [5.74, 6) is 0.597. The lowest BCUT2D eigenvalue weighted by atomic mass is 9.97. The molecule has 1 fully saturated rings. The van der Waals surface area contributed by atoms with E-state index in [0.29, 0.717) is 22.9 Å². The molecule has 4 atom stereocenters. The van der Waals surface area contributed by atoms with Gasteiger partial charge in [0.05, 0.1) is 12.1 Å². The maximum Gasteiger partial charge on any atom is 0.248 e. The Kier molecular flexibility index (Phi) is 6.09. The van der Waals surface area contributed by atoms with Crippen molar-refractivity contribution in [2.45, 2.75) is 50.7 Å². The van der Waals surface area contributed by atoms with Crippen LogP contribution in [0, 0.1) is 0 Å². The van der Waals surface area contributed by atoms with Gasteiger partial charge in [-0.25, -0.2) is 28.1 Å². The Morgan fingerprint density at radius 1 is 1.15 bits per heavy atom. The number of hydrogen-bond acceptors (Lipinski definition) is 12. The summed E-state index contributed by atoms with van der Waals surface area (Å²) in [6, 6.07) is 0. The van der Waals surface area contributed by atoms with Crippen LogP contribution in [0.2, 0.25) is 0 Å². The van der Waals surface area contributed by atoms with E-state index in [2.05, 4.69) is 35.2 Å². The maximum atomic E-state index is 11.6. The predicted molar refractivity (Wildman–Crippen MR) is 115 cm³/mol. The lowest BCUT2D eigenvalue weighted by molar-refractivity contribution is -0.0441. The lowest BCUT2D eigenvalue weighted by Crippen LogP contribution is -2.29. The number of aromatic nitrogens is 6. The van der Waals surface area contributed by atoms with E-state index in [1.807, 2.05) is 20.8 Å². The minimum atomic E-state index is -3.39. The standard InChI is InChI=1S/C18H26N8O6S/c1-18(2,3)17-25-24-15(32-17)12-10(27)11(28)16(31-12)26-8-23-9-13(21-7-22-14(9)26)20-5-6-33(29,30)19-4/h7-8,10-12,16,19,27-28H,5-6H2,1-4H3,(H,20,21,22)/t10-,11-,12-,16+/m0/s1. The van der Waals surface area contributed by atoms with Crippen LogP contribution >= 0.6 is 0 Å². The first-order valence-electron chi connectivity index (χ1n) is 10.2. The number of imidazole rings is 1. The van der Waals surface area contributed by atoms with Crippen molar-refractivity contribution in [1.82, 2.24) is 34.4 Å². The highest BCUT2D eigenvalue weighted by molar-refractivity contribution is 7.89. The third-order valence-corrected chi connectivity index (χ3v) is 6.53. The van der Waals surface area contributed by atoms with Crippen LogP contribution in [0.4, 0.5) is 5.82 Å². The number of fused-ring (bicyclic) bond motifs is 1. The molecule has 15 heteroatoms. The largest absolute Gasteiger partial charge is 0.422 e. The van der Waals surface area contributed by atoms with Gasteiger partial charge in [0.1, 0.15) is 18.5 Å². The van der Waals surface area contributed by atoms with Crippen molar-refractivity contribution in [1.29, 1.82) is 0 Å². The second-order valence-corrected chi connectivity index (χ2v) is 10.7. The molecule has 14 nitrogen and oxygen atoms in total. The van der Waals surface area contributed by atoms with Gasteiger partial charge in [0.15, 0.2) is 29.3 Å². The fourth-order valence-electron chi connectivity index (χ4n) is 3.32. The van der Waals surface area contributed by atoms with E-state index in [1.54, 1.807) is 0 Å². The van der Waals surface area contributed by atoms with Crippen LogP contribution in [0.25, 0.3) is 11.2 Å². The molecule has 3 aromatic rings. The molecular formula is C18H26N8O6S. The van der Waals surface area contributed by atoms with Crippen LogP contribution < -0.4 is 10.0 Å². The Hall–Kier alpha value is -2.72. The van der Waals surface area contributed by atoms with E-state index in [-0.39, 0.29) is 23.6 Å². The van der Waals surface area contributed by atoms with Gasteiger partial charge < -0.3 is 24.7 Å². The summed E-state index contributed by atoms with van der Waals surface area (Å²) in [5.41, 5.74) is 0.280. The van der Waals surface area contributed by atoms with Crippen LogP contribution in [0.15, 0.2) is 17.1 Å². The molecule has 0 aliphatic carbocycles. The molecule has 4 heterocycles. The zero-order valence-electron chi connectivity index (χ0n) is 18.5. The fraction of sp³-hybridized carbons (Fsp3) is 0.611. The number of aliphatic hydroxyl groups is 2. The van der Waals surface area contributed by atoms with E-state index < -0.39 is 34.6 Å². The molecule has 1 saturated heterocycles. The first kappa shape index (κ1) is 23.4. The first-order chi connectivity index (χ1) is 15.5. The summed E-state index contributed by atoms with van der Waals surface area (Å²) in [4.78, 5) is 12.6.